The van der Waals surface area contributed by atoms with E-state index in [-0.39, 0.29) is 30.2 Å². The standard InChI is InChI=1S/C23H40O5/c1-4-5-14-23(2,26)15-10-12-17-18(22-20(28-22)16-19(17)24)11-8-6-7-9-13-21(25)27-3/h10,12,17-20,22,24,26H,4-9,11,13-16H2,1-3H3/b12-10+/t17-,18-,19-,20?,22?,23?/m1/s1. The van der Waals surface area contributed by atoms with E-state index in [9.17, 15) is 15.0 Å². The predicted molar refractivity (Wildman–Crippen MR) is 110 cm³/mol. The van der Waals surface area contributed by atoms with Gasteiger partial charge in [0.2, 0.25) is 0 Å². The van der Waals surface area contributed by atoms with Crippen LogP contribution in [0.4, 0.5) is 0 Å². The van der Waals surface area contributed by atoms with Gasteiger partial charge in [-0.2, -0.15) is 0 Å². The van der Waals surface area contributed by atoms with Gasteiger partial charge in [-0.05, 0) is 38.5 Å². The number of methoxy groups -OCH3 is 1. The number of unbranched alkanes of at least 4 members (excludes halogenated alkanes) is 4. The van der Waals surface area contributed by atoms with Gasteiger partial charge < -0.3 is 19.7 Å². The van der Waals surface area contributed by atoms with Gasteiger partial charge in [0.1, 0.15) is 0 Å². The van der Waals surface area contributed by atoms with Crippen molar-refractivity contribution >= 4 is 5.97 Å². The second kappa shape index (κ2) is 11.3. The third-order valence-corrected chi connectivity index (χ3v) is 6.34. The van der Waals surface area contributed by atoms with Gasteiger partial charge in [-0.1, -0.05) is 51.2 Å². The summed E-state index contributed by atoms with van der Waals surface area (Å²) in [4.78, 5) is 11.2. The maximum Gasteiger partial charge on any atom is 0.305 e. The molecule has 1 aliphatic heterocycles. The van der Waals surface area contributed by atoms with Gasteiger partial charge in [0.05, 0.1) is 31.0 Å². The first-order valence-corrected chi connectivity index (χ1v) is 11.2. The Morgan fingerprint density at radius 1 is 1.25 bits per heavy atom. The summed E-state index contributed by atoms with van der Waals surface area (Å²) in [6.45, 7) is 4.03. The molecule has 5 heteroatoms. The highest BCUT2D eigenvalue weighted by Gasteiger charge is 2.53. The Morgan fingerprint density at radius 3 is 2.71 bits per heavy atom. The molecule has 0 aromatic carbocycles. The summed E-state index contributed by atoms with van der Waals surface area (Å²) in [7, 11) is 1.43. The zero-order valence-electron chi connectivity index (χ0n) is 17.9. The molecule has 1 heterocycles. The molecule has 3 unspecified atom stereocenters. The van der Waals surface area contributed by atoms with Crippen LogP contribution in [0.2, 0.25) is 0 Å². The molecule has 162 valence electrons. The lowest BCUT2D eigenvalue weighted by Gasteiger charge is -2.31. The molecule has 0 bridgehead atoms. The number of fused-ring (bicyclic) bond motifs is 1. The number of hydrogen-bond acceptors (Lipinski definition) is 5. The Morgan fingerprint density at radius 2 is 2.00 bits per heavy atom. The summed E-state index contributed by atoms with van der Waals surface area (Å²) in [6.07, 6.45) is 14.2. The third kappa shape index (κ3) is 7.49. The van der Waals surface area contributed by atoms with Gasteiger partial charge in [-0.3, -0.25) is 4.79 Å². The summed E-state index contributed by atoms with van der Waals surface area (Å²) in [6, 6.07) is 0. The monoisotopic (exact) mass is 396 g/mol. The average Bonchev–Trinajstić information content (AvgIpc) is 3.42. The van der Waals surface area contributed by atoms with Gasteiger partial charge in [0.25, 0.3) is 0 Å². The van der Waals surface area contributed by atoms with Crippen LogP contribution in [0, 0.1) is 11.8 Å². The van der Waals surface area contributed by atoms with Crippen LogP contribution in [0.1, 0.15) is 84.5 Å². The maximum absolute atomic E-state index is 11.2. The van der Waals surface area contributed by atoms with E-state index in [1.54, 1.807) is 0 Å². The number of rotatable bonds is 13. The fourth-order valence-electron chi connectivity index (χ4n) is 4.49. The number of ether oxygens (including phenoxy) is 2. The van der Waals surface area contributed by atoms with Crippen LogP contribution in [0.5, 0.6) is 0 Å². The minimum atomic E-state index is -0.667. The van der Waals surface area contributed by atoms with E-state index in [1.807, 2.05) is 6.92 Å². The Hall–Kier alpha value is -0.910. The lowest BCUT2D eigenvalue weighted by atomic mass is 9.74. The van der Waals surface area contributed by atoms with Crippen molar-refractivity contribution in [1.82, 2.24) is 0 Å². The van der Waals surface area contributed by atoms with Crippen molar-refractivity contribution in [1.29, 1.82) is 0 Å². The highest BCUT2D eigenvalue weighted by molar-refractivity contribution is 5.68. The highest BCUT2D eigenvalue weighted by Crippen LogP contribution is 2.46. The summed E-state index contributed by atoms with van der Waals surface area (Å²) in [5, 5.41) is 21.1. The van der Waals surface area contributed by atoms with Crippen LogP contribution < -0.4 is 0 Å². The molecule has 5 nitrogen and oxygen atoms in total. The largest absolute Gasteiger partial charge is 0.469 e. The van der Waals surface area contributed by atoms with Crippen LogP contribution in [-0.4, -0.2) is 47.2 Å². The third-order valence-electron chi connectivity index (χ3n) is 6.34. The topological polar surface area (TPSA) is 79.3 Å². The van der Waals surface area contributed by atoms with Gasteiger partial charge >= 0.3 is 5.97 Å². The molecule has 0 amide bonds. The first-order valence-electron chi connectivity index (χ1n) is 11.2. The van der Waals surface area contributed by atoms with Crippen molar-refractivity contribution in [3.05, 3.63) is 12.2 Å². The molecule has 2 fully saturated rings. The molecular weight excluding hydrogens is 356 g/mol. The van der Waals surface area contributed by atoms with Crippen LogP contribution in [-0.2, 0) is 14.3 Å². The van der Waals surface area contributed by atoms with E-state index < -0.39 is 5.60 Å². The van der Waals surface area contributed by atoms with E-state index in [0.29, 0.717) is 18.8 Å². The van der Waals surface area contributed by atoms with Crippen molar-refractivity contribution < 1.29 is 24.5 Å². The molecule has 1 aliphatic carbocycles. The first-order chi connectivity index (χ1) is 13.4. The van der Waals surface area contributed by atoms with Crippen molar-refractivity contribution in [2.24, 2.45) is 11.8 Å². The summed E-state index contributed by atoms with van der Waals surface area (Å²) in [5.41, 5.74) is -0.667. The Labute approximate surface area is 170 Å². The zero-order valence-corrected chi connectivity index (χ0v) is 17.9. The fourth-order valence-corrected chi connectivity index (χ4v) is 4.49. The fraction of sp³-hybridized carbons (Fsp3) is 0.870. The molecular formula is C23H40O5. The maximum atomic E-state index is 11.2. The van der Waals surface area contributed by atoms with Gasteiger partial charge in [-0.25, -0.2) is 0 Å². The van der Waals surface area contributed by atoms with Crippen molar-refractivity contribution in [3.63, 3.8) is 0 Å². The van der Waals surface area contributed by atoms with Crippen molar-refractivity contribution in [2.75, 3.05) is 7.11 Å². The SMILES string of the molecule is CCCCC(C)(O)C/C=C/[C@H]1[C@H](O)CC2OC2[C@@H]1CCCCCCC(=O)OC. The van der Waals surface area contributed by atoms with Crippen molar-refractivity contribution in [2.45, 2.75) is 108 Å². The lowest BCUT2D eigenvalue weighted by Crippen LogP contribution is -2.36. The van der Waals surface area contributed by atoms with E-state index in [0.717, 1.165) is 57.8 Å². The number of hydrogen-bond donors (Lipinski definition) is 2. The Bertz CT molecular complexity index is 501. The molecule has 2 rings (SSSR count). The molecule has 0 aromatic rings. The normalized spacial score (nSPS) is 31.4. The molecule has 0 spiro atoms. The number of carbonyl (C=O) groups excluding carboxylic acids is 1. The van der Waals surface area contributed by atoms with Crippen LogP contribution in [0.15, 0.2) is 12.2 Å². The molecule has 2 N–H and O–H groups in total. The quantitative estimate of drug-likeness (QED) is 0.212. The minimum Gasteiger partial charge on any atom is -0.469 e. The average molecular weight is 397 g/mol. The smallest absolute Gasteiger partial charge is 0.305 e. The minimum absolute atomic E-state index is 0.112. The number of esters is 1. The number of aliphatic hydroxyl groups is 2. The summed E-state index contributed by atoms with van der Waals surface area (Å²) >= 11 is 0. The number of epoxide rings is 1. The van der Waals surface area contributed by atoms with E-state index in [1.165, 1.54) is 7.11 Å². The molecule has 28 heavy (non-hydrogen) atoms. The predicted octanol–water partition coefficient (Wildman–Crippen LogP) is 4.15. The first kappa shape index (κ1) is 23.4. The van der Waals surface area contributed by atoms with E-state index in [4.69, 9.17) is 4.74 Å². The van der Waals surface area contributed by atoms with Gasteiger partial charge in [0, 0.05) is 18.8 Å². The van der Waals surface area contributed by atoms with Crippen LogP contribution in [0.25, 0.3) is 0 Å². The zero-order chi connectivity index (χ0) is 20.6. The molecule has 0 radical (unpaired) electrons. The van der Waals surface area contributed by atoms with Gasteiger partial charge in [0.15, 0.2) is 0 Å². The van der Waals surface area contributed by atoms with Crippen molar-refractivity contribution in [3.8, 4) is 0 Å². The number of aliphatic hydroxyl groups excluding tert-OH is 1. The molecule has 1 saturated carbocycles. The second-order valence-corrected chi connectivity index (χ2v) is 8.95. The summed E-state index contributed by atoms with van der Waals surface area (Å²) in [5.74, 6) is 0.330. The number of carbonyl (C=O) groups is 1. The lowest BCUT2D eigenvalue weighted by molar-refractivity contribution is -0.140. The van der Waals surface area contributed by atoms with E-state index in [2.05, 4.69) is 23.8 Å². The van der Waals surface area contributed by atoms with Gasteiger partial charge in [-0.15, -0.1) is 0 Å². The Kier molecular flexibility index (Phi) is 9.45. The molecule has 2 aliphatic rings. The Balaban J connectivity index is 1.78. The highest BCUT2D eigenvalue weighted by atomic mass is 16.6. The van der Waals surface area contributed by atoms with Crippen LogP contribution in [0.3, 0.4) is 0 Å². The van der Waals surface area contributed by atoms with Crippen LogP contribution >= 0.6 is 0 Å². The second-order valence-electron chi connectivity index (χ2n) is 8.95. The molecule has 0 aromatic heterocycles. The van der Waals surface area contributed by atoms with E-state index >= 15 is 0 Å². The molecule has 6 atom stereocenters. The molecule has 1 saturated heterocycles. The summed E-state index contributed by atoms with van der Waals surface area (Å²) < 4.78 is 10.5.